The number of anilines is 3. The van der Waals surface area contributed by atoms with E-state index in [0.717, 1.165) is 30.4 Å². The fourth-order valence-corrected chi connectivity index (χ4v) is 5.64. The van der Waals surface area contributed by atoms with Crippen molar-refractivity contribution in [3.8, 4) is 5.82 Å². The lowest BCUT2D eigenvalue weighted by Gasteiger charge is -2.25. The summed E-state index contributed by atoms with van der Waals surface area (Å²) in [7, 11) is 0. The van der Waals surface area contributed by atoms with Gasteiger partial charge in [-0.3, -0.25) is 0 Å². The number of aryl methyl sites for hydroxylation is 2. The molecule has 1 unspecified atom stereocenters. The van der Waals surface area contributed by atoms with Crippen molar-refractivity contribution in [1.82, 2.24) is 24.6 Å². The van der Waals surface area contributed by atoms with E-state index in [2.05, 4.69) is 43.2 Å². The SMILES string of the molecule is C=C/C(=C\C=C/C)Nc1cc(Cl)nc(-n2nc(C(F)(F)F)nc2Nc2ccc3c(c2)CCC(N2CCCC2)CC3)c1. The van der Waals surface area contributed by atoms with Gasteiger partial charge in [0.25, 0.3) is 5.82 Å². The van der Waals surface area contributed by atoms with E-state index < -0.39 is 12.0 Å². The number of allylic oxidation sites excluding steroid dienone is 4. The normalized spacial score (nSPS) is 18.4. The predicted octanol–water partition coefficient (Wildman–Crippen LogP) is 7.48. The second kappa shape index (κ2) is 12.5. The van der Waals surface area contributed by atoms with Crippen LogP contribution in [0, 0.1) is 0 Å². The van der Waals surface area contributed by atoms with Crippen molar-refractivity contribution in [2.45, 2.75) is 57.7 Å². The highest BCUT2D eigenvalue weighted by atomic mass is 35.5. The first-order chi connectivity index (χ1) is 19.7. The zero-order chi connectivity index (χ0) is 29.0. The number of rotatable bonds is 8. The number of pyridine rings is 1. The van der Waals surface area contributed by atoms with Crippen LogP contribution in [0.15, 0.2) is 66.9 Å². The second-order valence-corrected chi connectivity index (χ2v) is 10.7. The molecule has 11 heteroatoms. The number of fused-ring (bicyclic) bond motifs is 1. The number of alkyl halides is 3. The molecule has 2 aromatic heterocycles. The van der Waals surface area contributed by atoms with Crippen LogP contribution in [0.3, 0.4) is 0 Å². The Bertz CT molecular complexity index is 1450. The van der Waals surface area contributed by atoms with E-state index in [9.17, 15) is 13.2 Å². The monoisotopic (exact) mass is 583 g/mol. The topological polar surface area (TPSA) is 70.9 Å². The molecule has 0 bridgehead atoms. The van der Waals surface area contributed by atoms with Crippen LogP contribution >= 0.6 is 11.6 Å². The minimum absolute atomic E-state index is 0.0724. The van der Waals surface area contributed by atoms with Gasteiger partial charge >= 0.3 is 6.18 Å². The van der Waals surface area contributed by atoms with Crippen molar-refractivity contribution in [1.29, 1.82) is 0 Å². The van der Waals surface area contributed by atoms with Crippen LogP contribution in [0.2, 0.25) is 5.15 Å². The van der Waals surface area contributed by atoms with Crippen LogP contribution < -0.4 is 10.6 Å². The Balaban J connectivity index is 1.44. The molecule has 0 saturated carbocycles. The first-order valence-electron chi connectivity index (χ1n) is 13.8. The standard InChI is InChI=1S/C30H33ClF3N7/c1-3-5-8-22(4-2)35-24-18-26(31)37-27(19-24)41-29(38-28(39-41)30(32,33)34)36-23-12-9-20-10-13-25(14-11-21(20)17-23)40-15-6-7-16-40/h3-5,8-9,12,17-19,25H,2,6-7,10-11,13-16H2,1H3,(H,35,37)(H,36,38,39)/b5-3-,22-8+. The summed E-state index contributed by atoms with van der Waals surface area (Å²) < 4.78 is 42.2. The largest absolute Gasteiger partial charge is 0.453 e. The maximum Gasteiger partial charge on any atom is 0.453 e. The molecule has 2 aliphatic rings. The summed E-state index contributed by atoms with van der Waals surface area (Å²) in [5.74, 6) is -1.32. The summed E-state index contributed by atoms with van der Waals surface area (Å²) in [5.41, 5.74) is 4.29. The minimum Gasteiger partial charge on any atom is -0.355 e. The summed E-state index contributed by atoms with van der Waals surface area (Å²) in [6.07, 6.45) is 8.99. The van der Waals surface area contributed by atoms with Crippen LogP contribution in [0.4, 0.5) is 30.5 Å². The summed E-state index contributed by atoms with van der Waals surface area (Å²) in [5, 5.41) is 10.0. The molecule has 0 amide bonds. The van der Waals surface area contributed by atoms with Gasteiger partial charge < -0.3 is 15.5 Å². The third kappa shape index (κ3) is 7.00. The molecule has 1 aromatic carbocycles. The molecule has 7 nitrogen and oxygen atoms in total. The average Bonchev–Trinajstić information content (AvgIpc) is 3.58. The van der Waals surface area contributed by atoms with Gasteiger partial charge in [0.2, 0.25) is 5.95 Å². The van der Waals surface area contributed by atoms with Crippen LogP contribution in [-0.2, 0) is 19.0 Å². The van der Waals surface area contributed by atoms with E-state index in [-0.39, 0.29) is 16.9 Å². The molecule has 1 saturated heterocycles. The zero-order valence-corrected chi connectivity index (χ0v) is 23.6. The molecule has 3 heterocycles. The second-order valence-electron chi connectivity index (χ2n) is 10.3. The molecule has 216 valence electrons. The van der Waals surface area contributed by atoms with Gasteiger partial charge in [0.15, 0.2) is 5.82 Å². The average molecular weight is 584 g/mol. The number of hydrogen-bond acceptors (Lipinski definition) is 6. The van der Waals surface area contributed by atoms with Gasteiger partial charge in [-0.15, -0.1) is 5.10 Å². The maximum atomic E-state index is 13.7. The molecule has 1 fully saturated rings. The molecule has 1 atom stereocenters. The van der Waals surface area contributed by atoms with Gasteiger partial charge in [-0.2, -0.15) is 22.8 Å². The first-order valence-corrected chi connectivity index (χ1v) is 14.2. The highest BCUT2D eigenvalue weighted by molar-refractivity contribution is 6.29. The first kappa shape index (κ1) is 28.9. The Labute approximate surface area is 242 Å². The zero-order valence-electron chi connectivity index (χ0n) is 22.9. The lowest BCUT2D eigenvalue weighted by Crippen LogP contribution is -2.32. The van der Waals surface area contributed by atoms with Crippen LogP contribution in [-0.4, -0.2) is 43.8 Å². The van der Waals surface area contributed by atoms with Crippen molar-refractivity contribution in [2.75, 3.05) is 23.7 Å². The third-order valence-corrected chi connectivity index (χ3v) is 7.64. The smallest absolute Gasteiger partial charge is 0.355 e. The number of nitrogens with one attached hydrogen (secondary N) is 2. The molecule has 2 N–H and O–H groups in total. The highest BCUT2D eigenvalue weighted by Crippen LogP contribution is 2.32. The van der Waals surface area contributed by atoms with Crippen molar-refractivity contribution < 1.29 is 13.2 Å². The molecule has 1 aliphatic heterocycles. The Hall–Kier alpha value is -3.63. The Kier molecular flexibility index (Phi) is 8.79. The molecule has 0 spiro atoms. The van der Waals surface area contributed by atoms with Crippen LogP contribution in [0.25, 0.3) is 5.82 Å². The van der Waals surface area contributed by atoms with Crippen molar-refractivity contribution in [3.63, 3.8) is 0 Å². The van der Waals surface area contributed by atoms with Gasteiger partial charge in [-0.25, -0.2) is 4.98 Å². The molecule has 0 radical (unpaired) electrons. The molecule has 3 aromatic rings. The van der Waals surface area contributed by atoms with Crippen LogP contribution in [0.5, 0.6) is 0 Å². The Morgan fingerprint density at radius 1 is 1.05 bits per heavy atom. The van der Waals surface area contributed by atoms with Crippen molar-refractivity contribution in [2.24, 2.45) is 0 Å². The number of benzene rings is 1. The van der Waals surface area contributed by atoms with E-state index in [4.69, 9.17) is 11.6 Å². The summed E-state index contributed by atoms with van der Waals surface area (Å²) in [6.45, 7) is 8.00. The molecule has 1 aliphatic carbocycles. The van der Waals surface area contributed by atoms with Crippen LogP contribution in [0.1, 0.15) is 49.6 Å². The van der Waals surface area contributed by atoms with Gasteiger partial charge in [-0.05, 0) is 100 Å². The van der Waals surface area contributed by atoms with Gasteiger partial charge in [-0.1, -0.05) is 36.4 Å². The number of halogens is 4. The Morgan fingerprint density at radius 3 is 2.51 bits per heavy atom. The lowest BCUT2D eigenvalue weighted by molar-refractivity contribution is -0.144. The highest BCUT2D eigenvalue weighted by Gasteiger charge is 2.37. The number of nitrogens with zero attached hydrogens (tertiary/aromatic N) is 5. The summed E-state index contributed by atoms with van der Waals surface area (Å²) in [6, 6.07) is 9.63. The maximum absolute atomic E-state index is 13.7. The van der Waals surface area contributed by atoms with Crippen molar-refractivity contribution >= 4 is 28.9 Å². The summed E-state index contributed by atoms with van der Waals surface area (Å²) >= 11 is 6.28. The molecule has 41 heavy (non-hydrogen) atoms. The fraction of sp³-hybridized carbons (Fsp3) is 0.367. The molecular formula is C30H33ClF3N7. The van der Waals surface area contributed by atoms with Gasteiger partial charge in [0.05, 0.1) is 0 Å². The van der Waals surface area contributed by atoms with Gasteiger partial charge in [0.1, 0.15) is 5.15 Å². The van der Waals surface area contributed by atoms with Gasteiger partial charge in [0, 0.05) is 29.2 Å². The molecular weight excluding hydrogens is 551 g/mol. The number of aromatic nitrogens is 4. The Morgan fingerprint density at radius 2 is 1.80 bits per heavy atom. The number of likely N-dealkylation sites (tertiary alicyclic amines) is 1. The third-order valence-electron chi connectivity index (χ3n) is 7.45. The van der Waals surface area contributed by atoms with E-state index in [1.807, 2.05) is 31.2 Å². The predicted molar refractivity (Wildman–Crippen MR) is 157 cm³/mol. The fourth-order valence-electron chi connectivity index (χ4n) is 5.43. The van der Waals surface area contributed by atoms with E-state index >= 15 is 0 Å². The molecule has 5 rings (SSSR count). The van der Waals surface area contributed by atoms with E-state index in [0.29, 0.717) is 23.1 Å². The van der Waals surface area contributed by atoms with Crippen molar-refractivity contribution in [3.05, 3.63) is 89.0 Å². The van der Waals surface area contributed by atoms with E-state index in [1.54, 1.807) is 24.3 Å². The van der Waals surface area contributed by atoms with E-state index in [1.165, 1.54) is 37.1 Å². The summed E-state index contributed by atoms with van der Waals surface area (Å²) in [4.78, 5) is 10.6. The minimum atomic E-state index is -4.75. The number of hydrogen-bond donors (Lipinski definition) is 2. The lowest BCUT2D eigenvalue weighted by atomic mass is 10.0. The quantitative estimate of drug-likeness (QED) is 0.163.